The minimum Gasteiger partial charge on any atom is -0.245 e. The third-order valence-corrected chi connectivity index (χ3v) is 8.57. The van der Waals surface area contributed by atoms with Crippen LogP contribution in [0.5, 0.6) is 0 Å². The molecule has 37 heavy (non-hydrogen) atoms. The van der Waals surface area contributed by atoms with Crippen molar-refractivity contribution >= 4 is 64.0 Å². The standard InChI is InChI=1S/C35H21NS/c1-2-9-29-22(6-1)12-13-23-14-15-27(20-32(23)29)25-8-5-7-24(18-25)26-16-17-30-28(19-26)21-36-35-34(30)31-10-3-4-11-33(31)37-35/h1-21H. The summed E-state index contributed by atoms with van der Waals surface area (Å²) in [6.45, 7) is 0. The lowest BCUT2D eigenvalue weighted by Gasteiger charge is -2.10. The molecule has 0 bridgehead atoms. The molecule has 0 saturated carbocycles. The summed E-state index contributed by atoms with van der Waals surface area (Å²) in [7, 11) is 0. The average molecular weight is 488 g/mol. The van der Waals surface area contributed by atoms with Crippen molar-refractivity contribution in [1.82, 2.24) is 4.98 Å². The minimum absolute atomic E-state index is 1.10. The highest BCUT2D eigenvalue weighted by Crippen LogP contribution is 2.38. The molecule has 0 spiro atoms. The largest absolute Gasteiger partial charge is 0.245 e. The highest BCUT2D eigenvalue weighted by Gasteiger charge is 2.11. The molecule has 1 nitrogen and oxygen atoms in total. The summed E-state index contributed by atoms with van der Waals surface area (Å²) < 4.78 is 1.29. The van der Waals surface area contributed by atoms with Crippen molar-refractivity contribution in [3.05, 3.63) is 128 Å². The van der Waals surface area contributed by atoms with Gasteiger partial charge in [0, 0.05) is 27.1 Å². The van der Waals surface area contributed by atoms with Gasteiger partial charge in [-0.1, -0.05) is 97.1 Å². The Morgan fingerprint density at radius 1 is 0.432 bits per heavy atom. The fourth-order valence-electron chi connectivity index (χ4n) is 5.65. The Bertz CT molecular complexity index is 2150. The molecule has 6 aromatic carbocycles. The third kappa shape index (κ3) is 3.27. The second-order valence-electron chi connectivity index (χ2n) is 9.64. The highest BCUT2D eigenvalue weighted by atomic mass is 32.1. The maximum atomic E-state index is 4.82. The van der Waals surface area contributed by atoms with Gasteiger partial charge in [0.05, 0.1) is 0 Å². The van der Waals surface area contributed by atoms with Gasteiger partial charge in [0.25, 0.3) is 0 Å². The first-order chi connectivity index (χ1) is 18.3. The lowest BCUT2D eigenvalue weighted by atomic mass is 9.94. The monoisotopic (exact) mass is 487 g/mol. The Hall–Kier alpha value is -4.53. The fourth-order valence-corrected chi connectivity index (χ4v) is 6.71. The number of thiophene rings is 1. The van der Waals surface area contributed by atoms with E-state index in [1.807, 2.05) is 6.20 Å². The lowest BCUT2D eigenvalue weighted by molar-refractivity contribution is 1.48. The number of pyridine rings is 1. The Morgan fingerprint density at radius 2 is 1.11 bits per heavy atom. The van der Waals surface area contributed by atoms with Crippen molar-refractivity contribution in [3.8, 4) is 22.3 Å². The first-order valence-electron chi connectivity index (χ1n) is 12.5. The van der Waals surface area contributed by atoms with Gasteiger partial charge in [-0.3, -0.25) is 0 Å². The van der Waals surface area contributed by atoms with Crippen LogP contribution in [0.4, 0.5) is 0 Å². The van der Waals surface area contributed by atoms with Crippen molar-refractivity contribution in [2.24, 2.45) is 0 Å². The van der Waals surface area contributed by atoms with Crippen molar-refractivity contribution in [3.63, 3.8) is 0 Å². The molecule has 2 aromatic heterocycles. The average Bonchev–Trinajstić information content (AvgIpc) is 3.36. The molecule has 2 heteroatoms. The van der Waals surface area contributed by atoms with E-state index < -0.39 is 0 Å². The molecule has 0 aliphatic carbocycles. The van der Waals surface area contributed by atoms with Crippen molar-refractivity contribution < 1.29 is 0 Å². The second kappa shape index (κ2) is 7.99. The first kappa shape index (κ1) is 20.6. The van der Waals surface area contributed by atoms with E-state index >= 15 is 0 Å². The molecular formula is C35H21NS. The van der Waals surface area contributed by atoms with E-state index in [0.717, 1.165) is 4.83 Å². The Kier molecular flexibility index (Phi) is 4.46. The number of hydrogen-bond donors (Lipinski definition) is 0. The van der Waals surface area contributed by atoms with E-state index in [4.69, 9.17) is 4.98 Å². The molecule has 8 rings (SSSR count). The number of aromatic nitrogens is 1. The van der Waals surface area contributed by atoms with Gasteiger partial charge in [-0.25, -0.2) is 4.98 Å². The summed E-state index contributed by atoms with van der Waals surface area (Å²) in [5.74, 6) is 0. The van der Waals surface area contributed by atoms with Gasteiger partial charge in [-0.2, -0.15) is 0 Å². The molecule has 0 unspecified atom stereocenters. The predicted molar refractivity (Wildman–Crippen MR) is 161 cm³/mol. The second-order valence-corrected chi connectivity index (χ2v) is 10.7. The van der Waals surface area contributed by atoms with Crippen LogP contribution in [0.1, 0.15) is 0 Å². The number of fused-ring (bicyclic) bond motifs is 8. The Morgan fingerprint density at radius 3 is 2.00 bits per heavy atom. The SMILES string of the molecule is c1cc(-c2ccc3c(cnc4sc5ccccc5c43)c2)cc(-c2ccc3ccc4ccccc4c3c2)c1. The van der Waals surface area contributed by atoms with Gasteiger partial charge in [0.2, 0.25) is 0 Å². The Balaban J connectivity index is 1.26. The summed E-state index contributed by atoms with van der Waals surface area (Å²) in [5, 5.41) is 10.1. The van der Waals surface area contributed by atoms with Crippen LogP contribution in [-0.4, -0.2) is 4.98 Å². The van der Waals surface area contributed by atoms with Crippen molar-refractivity contribution in [2.75, 3.05) is 0 Å². The fraction of sp³-hybridized carbons (Fsp3) is 0. The summed E-state index contributed by atoms with van der Waals surface area (Å²) in [4.78, 5) is 5.92. The molecule has 0 saturated heterocycles. The summed E-state index contributed by atoms with van der Waals surface area (Å²) in [5.41, 5.74) is 4.89. The molecule has 2 heterocycles. The molecule has 0 radical (unpaired) electrons. The van der Waals surface area contributed by atoms with Gasteiger partial charge in [-0.15, -0.1) is 11.3 Å². The molecule has 0 amide bonds. The molecule has 8 aromatic rings. The Labute approximate surface area is 218 Å². The quantitative estimate of drug-likeness (QED) is 0.221. The van der Waals surface area contributed by atoms with Crippen LogP contribution in [0.25, 0.3) is 74.9 Å². The number of hydrogen-bond acceptors (Lipinski definition) is 2. The molecule has 0 atom stereocenters. The molecular weight excluding hydrogens is 466 g/mol. The summed E-state index contributed by atoms with van der Waals surface area (Å²) >= 11 is 1.77. The van der Waals surface area contributed by atoms with Gasteiger partial charge < -0.3 is 0 Å². The molecule has 0 fully saturated rings. The van der Waals surface area contributed by atoms with E-state index in [1.54, 1.807) is 11.3 Å². The normalized spacial score (nSPS) is 11.8. The maximum absolute atomic E-state index is 4.82. The van der Waals surface area contributed by atoms with Crippen molar-refractivity contribution in [1.29, 1.82) is 0 Å². The predicted octanol–water partition coefficient (Wildman–Crippen LogP) is 10.2. The topological polar surface area (TPSA) is 12.9 Å². The van der Waals surface area contributed by atoms with Crippen LogP contribution in [0.3, 0.4) is 0 Å². The van der Waals surface area contributed by atoms with E-state index in [2.05, 4.69) is 121 Å². The van der Waals surface area contributed by atoms with E-state index in [0.29, 0.717) is 0 Å². The molecule has 0 aliphatic heterocycles. The zero-order valence-corrected chi connectivity index (χ0v) is 20.8. The van der Waals surface area contributed by atoms with Crippen LogP contribution >= 0.6 is 11.3 Å². The van der Waals surface area contributed by atoms with Gasteiger partial charge in [0.15, 0.2) is 0 Å². The van der Waals surface area contributed by atoms with E-state index in [-0.39, 0.29) is 0 Å². The zero-order valence-electron chi connectivity index (χ0n) is 20.0. The number of benzene rings is 6. The van der Waals surface area contributed by atoms with Crippen molar-refractivity contribution in [2.45, 2.75) is 0 Å². The lowest BCUT2D eigenvalue weighted by Crippen LogP contribution is -1.85. The van der Waals surface area contributed by atoms with E-state index in [9.17, 15) is 0 Å². The van der Waals surface area contributed by atoms with Gasteiger partial charge in [0.1, 0.15) is 4.83 Å². The van der Waals surface area contributed by atoms with Gasteiger partial charge >= 0.3 is 0 Å². The first-order valence-corrected chi connectivity index (χ1v) is 13.4. The molecule has 0 N–H and O–H groups in total. The van der Waals surface area contributed by atoms with Crippen LogP contribution in [0.15, 0.2) is 128 Å². The van der Waals surface area contributed by atoms with Crippen LogP contribution in [0, 0.1) is 0 Å². The molecule has 172 valence electrons. The third-order valence-electron chi connectivity index (χ3n) is 7.49. The summed E-state index contributed by atoms with van der Waals surface area (Å²) in [6.07, 6.45) is 2.02. The van der Waals surface area contributed by atoms with Gasteiger partial charge in [-0.05, 0) is 73.5 Å². The highest BCUT2D eigenvalue weighted by molar-refractivity contribution is 7.25. The maximum Gasteiger partial charge on any atom is 0.125 e. The van der Waals surface area contributed by atoms with E-state index in [1.165, 1.54) is 70.0 Å². The van der Waals surface area contributed by atoms with Crippen LogP contribution in [-0.2, 0) is 0 Å². The number of rotatable bonds is 2. The smallest absolute Gasteiger partial charge is 0.125 e. The van der Waals surface area contributed by atoms with Crippen LogP contribution in [0.2, 0.25) is 0 Å². The number of nitrogens with zero attached hydrogens (tertiary/aromatic N) is 1. The minimum atomic E-state index is 1.10. The summed E-state index contributed by atoms with van der Waals surface area (Å²) in [6, 6.07) is 44.1. The zero-order chi connectivity index (χ0) is 24.3. The molecule has 0 aliphatic rings. The van der Waals surface area contributed by atoms with Crippen LogP contribution < -0.4 is 0 Å².